The predicted molar refractivity (Wildman–Crippen MR) is 236 cm³/mol. The molecule has 1 aliphatic rings. The average molecular weight is 713 g/mol. The molecule has 0 radical (unpaired) electrons. The number of rotatable bonds is 6. The molecule has 2 heteroatoms. The molecule has 0 amide bonds. The summed E-state index contributed by atoms with van der Waals surface area (Å²) in [4.78, 5) is 2.40. The van der Waals surface area contributed by atoms with Crippen LogP contribution in [0.4, 0.5) is 17.1 Å². The molecule has 10 aromatic rings. The van der Waals surface area contributed by atoms with Gasteiger partial charge in [-0.25, -0.2) is 0 Å². The van der Waals surface area contributed by atoms with Gasteiger partial charge in [0.05, 0.1) is 16.7 Å². The number of benzene rings is 9. The van der Waals surface area contributed by atoms with E-state index < -0.39 is 0 Å². The molecule has 56 heavy (non-hydrogen) atoms. The van der Waals surface area contributed by atoms with Crippen LogP contribution in [0.15, 0.2) is 218 Å². The SMILES string of the molecule is c1ccc(-c2cccc(N(c3cccc(-c4ccccc4)c3)c3cccc(-c4cc5c6c(c4)c4ccccc4n6-c4ccccc4-c4ccccc4-5)c3)c2)cc1. The minimum absolute atomic E-state index is 1.10. The van der Waals surface area contributed by atoms with E-state index in [-0.39, 0.29) is 0 Å². The van der Waals surface area contributed by atoms with Gasteiger partial charge < -0.3 is 9.47 Å². The normalized spacial score (nSPS) is 11.6. The molecule has 9 aromatic carbocycles. The minimum Gasteiger partial charge on any atom is -0.310 e. The number of para-hydroxylation sites is 2. The predicted octanol–water partition coefficient (Wildman–Crippen LogP) is 14.9. The lowest BCUT2D eigenvalue weighted by Gasteiger charge is -2.27. The lowest BCUT2D eigenvalue weighted by Crippen LogP contribution is -2.10. The number of aromatic nitrogens is 1. The van der Waals surface area contributed by atoms with Gasteiger partial charge in [-0.3, -0.25) is 0 Å². The van der Waals surface area contributed by atoms with Crippen LogP contribution in [0.3, 0.4) is 0 Å². The van der Waals surface area contributed by atoms with Gasteiger partial charge >= 0.3 is 0 Å². The lowest BCUT2D eigenvalue weighted by atomic mass is 9.91. The standard InChI is InChI=1S/C54H36N2/c1-3-16-37(17-4-1)39-20-13-23-43(32-39)55(44-24-14-21-40(33-44)38-18-5-2-6-19-38)45-25-15-22-41(34-45)42-35-50-47-27-8-7-26-46(47)48-28-9-11-30-52(48)56-53-31-12-10-29-49(53)51(36-42)54(50)56/h1-36H. The maximum Gasteiger partial charge on any atom is 0.0620 e. The highest BCUT2D eigenvalue weighted by Gasteiger charge is 2.25. The van der Waals surface area contributed by atoms with Gasteiger partial charge in [0.25, 0.3) is 0 Å². The van der Waals surface area contributed by atoms with Crippen LogP contribution in [-0.2, 0) is 0 Å². The first-order valence-corrected chi connectivity index (χ1v) is 19.3. The van der Waals surface area contributed by atoms with Gasteiger partial charge in [0.2, 0.25) is 0 Å². The molecule has 0 unspecified atom stereocenters. The van der Waals surface area contributed by atoms with E-state index in [0.717, 1.165) is 17.1 Å². The maximum absolute atomic E-state index is 2.48. The minimum atomic E-state index is 1.10. The monoisotopic (exact) mass is 712 g/mol. The van der Waals surface area contributed by atoms with Crippen molar-refractivity contribution >= 4 is 38.9 Å². The summed E-state index contributed by atoms with van der Waals surface area (Å²) in [5.74, 6) is 0. The van der Waals surface area contributed by atoms with E-state index in [1.807, 2.05) is 0 Å². The fourth-order valence-electron chi connectivity index (χ4n) is 8.75. The topological polar surface area (TPSA) is 8.17 Å². The van der Waals surface area contributed by atoms with Crippen LogP contribution in [0.5, 0.6) is 0 Å². The lowest BCUT2D eigenvalue weighted by molar-refractivity contribution is 1.19. The Bertz CT molecular complexity index is 3000. The van der Waals surface area contributed by atoms with E-state index in [2.05, 4.69) is 228 Å². The highest BCUT2D eigenvalue weighted by Crippen LogP contribution is 2.48. The second kappa shape index (κ2) is 13.2. The Kier molecular flexibility index (Phi) is 7.53. The number of nitrogens with zero attached hydrogens (tertiary/aromatic N) is 2. The molecule has 0 aliphatic carbocycles. The third kappa shape index (κ3) is 5.26. The van der Waals surface area contributed by atoms with Crippen molar-refractivity contribution in [1.82, 2.24) is 4.57 Å². The Hall–Kier alpha value is -7.42. The van der Waals surface area contributed by atoms with E-state index in [1.54, 1.807) is 0 Å². The molecule has 2 heterocycles. The summed E-state index contributed by atoms with van der Waals surface area (Å²) in [5.41, 5.74) is 19.1. The average Bonchev–Trinajstić information content (AvgIpc) is 3.55. The van der Waals surface area contributed by atoms with Crippen LogP contribution in [0.25, 0.3) is 83.1 Å². The fraction of sp³-hybridized carbons (Fsp3) is 0. The Balaban J connectivity index is 1.13. The first kappa shape index (κ1) is 32.0. The summed E-state index contributed by atoms with van der Waals surface area (Å²) in [5, 5.41) is 2.51. The molecule has 0 fully saturated rings. The van der Waals surface area contributed by atoms with Gasteiger partial charge in [-0.15, -0.1) is 0 Å². The van der Waals surface area contributed by atoms with Crippen LogP contribution in [0, 0.1) is 0 Å². The van der Waals surface area contributed by atoms with E-state index >= 15 is 0 Å². The van der Waals surface area contributed by atoms with Crippen LogP contribution in [-0.4, -0.2) is 4.57 Å². The van der Waals surface area contributed by atoms with Gasteiger partial charge in [0.15, 0.2) is 0 Å². The second-order valence-electron chi connectivity index (χ2n) is 14.6. The zero-order valence-electron chi connectivity index (χ0n) is 30.7. The molecule has 262 valence electrons. The van der Waals surface area contributed by atoms with Crippen molar-refractivity contribution in [2.75, 3.05) is 4.90 Å². The molecule has 2 nitrogen and oxygen atoms in total. The Labute approximate surface area is 326 Å². The van der Waals surface area contributed by atoms with Crippen LogP contribution in [0.2, 0.25) is 0 Å². The molecule has 0 atom stereocenters. The van der Waals surface area contributed by atoms with Crippen molar-refractivity contribution in [3.8, 4) is 61.3 Å². The van der Waals surface area contributed by atoms with Crippen molar-refractivity contribution in [3.63, 3.8) is 0 Å². The molecule has 1 aromatic heterocycles. The Morgan fingerprint density at radius 3 is 1.36 bits per heavy atom. The molecule has 1 aliphatic heterocycles. The largest absolute Gasteiger partial charge is 0.310 e. The third-order valence-corrected chi connectivity index (χ3v) is 11.3. The maximum atomic E-state index is 2.48. The van der Waals surface area contributed by atoms with Gasteiger partial charge in [-0.1, -0.05) is 158 Å². The van der Waals surface area contributed by atoms with Crippen molar-refractivity contribution < 1.29 is 0 Å². The summed E-state index contributed by atoms with van der Waals surface area (Å²) in [6.07, 6.45) is 0. The number of hydrogen-bond donors (Lipinski definition) is 0. The van der Waals surface area contributed by atoms with E-state index in [9.17, 15) is 0 Å². The number of fused-ring (bicyclic) bond motifs is 8. The van der Waals surface area contributed by atoms with E-state index in [0.29, 0.717) is 0 Å². The van der Waals surface area contributed by atoms with Gasteiger partial charge in [-0.05, 0) is 105 Å². The molecule has 0 spiro atoms. The highest BCUT2D eigenvalue weighted by atomic mass is 15.1. The van der Waals surface area contributed by atoms with Crippen LogP contribution in [0.1, 0.15) is 0 Å². The summed E-state index contributed by atoms with van der Waals surface area (Å²) in [6.45, 7) is 0. The second-order valence-corrected chi connectivity index (χ2v) is 14.6. The van der Waals surface area contributed by atoms with E-state index in [4.69, 9.17) is 0 Å². The zero-order chi connectivity index (χ0) is 37.0. The quantitative estimate of drug-likeness (QED) is 0.167. The zero-order valence-corrected chi connectivity index (χ0v) is 30.7. The van der Waals surface area contributed by atoms with Crippen molar-refractivity contribution in [3.05, 3.63) is 218 Å². The molecular formula is C54H36N2. The first-order valence-electron chi connectivity index (χ1n) is 19.3. The molecule has 11 rings (SSSR count). The van der Waals surface area contributed by atoms with Gasteiger partial charge in [0.1, 0.15) is 0 Å². The van der Waals surface area contributed by atoms with Crippen molar-refractivity contribution in [1.29, 1.82) is 0 Å². The van der Waals surface area contributed by atoms with Gasteiger partial charge in [-0.2, -0.15) is 0 Å². The van der Waals surface area contributed by atoms with Crippen LogP contribution < -0.4 is 4.90 Å². The highest BCUT2D eigenvalue weighted by molar-refractivity contribution is 6.17. The third-order valence-electron chi connectivity index (χ3n) is 11.3. The fourth-order valence-corrected chi connectivity index (χ4v) is 8.75. The number of anilines is 3. The Morgan fingerprint density at radius 2 is 0.750 bits per heavy atom. The molecule has 0 N–H and O–H groups in total. The molecular weight excluding hydrogens is 677 g/mol. The summed E-state index contributed by atoms with van der Waals surface area (Å²) < 4.78 is 2.48. The van der Waals surface area contributed by atoms with Crippen molar-refractivity contribution in [2.24, 2.45) is 0 Å². The summed E-state index contributed by atoms with van der Waals surface area (Å²) >= 11 is 0. The molecule has 0 saturated heterocycles. The summed E-state index contributed by atoms with van der Waals surface area (Å²) in [7, 11) is 0. The molecule has 0 bridgehead atoms. The first-order chi connectivity index (χ1) is 27.8. The van der Waals surface area contributed by atoms with E-state index in [1.165, 1.54) is 83.1 Å². The van der Waals surface area contributed by atoms with Gasteiger partial charge in [0, 0.05) is 39.0 Å². The Morgan fingerprint density at radius 1 is 0.286 bits per heavy atom. The smallest absolute Gasteiger partial charge is 0.0620 e. The van der Waals surface area contributed by atoms with Crippen LogP contribution >= 0.6 is 0 Å². The molecule has 0 saturated carbocycles. The summed E-state index contributed by atoms with van der Waals surface area (Å²) in [6, 6.07) is 79.5. The number of hydrogen-bond acceptors (Lipinski definition) is 1. The van der Waals surface area contributed by atoms with Crippen molar-refractivity contribution in [2.45, 2.75) is 0 Å².